The highest BCUT2D eigenvalue weighted by Crippen LogP contribution is 2.54. The lowest BCUT2D eigenvalue weighted by molar-refractivity contribution is 0.420. The summed E-state index contributed by atoms with van der Waals surface area (Å²) < 4.78 is 0. The topological polar surface area (TPSA) is 3.24 Å². The molecule has 0 spiro atoms. The van der Waals surface area contributed by atoms with Crippen LogP contribution in [0.1, 0.15) is 84.4 Å². The van der Waals surface area contributed by atoms with Crippen LogP contribution in [0.3, 0.4) is 0 Å². The second kappa shape index (κ2) is 10.5. The quantitative estimate of drug-likeness (QED) is 0.203. The van der Waals surface area contributed by atoms with Gasteiger partial charge in [-0.3, -0.25) is 0 Å². The number of hydrogen-bond donors (Lipinski definition) is 0. The maximum absolute atomic E-state index is 2.58. The Morgan fingerprint density at radius 2 is 1.27 bits per heavy atom. The molecule has 0 aliphatic heterocycles. The Morgan fingerprint density at radius 3 is 2.02 bits per heavy atom. The van der Waals surface area contributed by atoms with E-state index in [0.717, 1.165) is 43.4 Å². The SMILES string of the molecule is CC1(C)c2ccccc2-c2ccc(N(c3ccc(C4CC5CCC4C5)cc3)c3cc4ccc3CCc3ccc(cc3)CC4)cc21. The summed E-state index contributed by atoms with van der Waals surface area (Å²) in [7, 11) is 0. The minimum absolute atomic E-state index is 0.0350. The Bertz CT molecular complexity index is 1890. The predicted octanol–water partition coefficient (Wildman–Crippen LogP) is 11.3. The van der Waals surface area contributed by atoms with Gasteiger partial charge in [-0.2, -0.15) is 0 Å². The first-order chi connectivity index (χ1) is 22.0. The van der Waals surface area contributed by atoms with Crippen molar-refractivity contribution in [1.82, 2.24) is 0 Å². The summed E-state index contributed by atoms with van der Waals surface area (Å²) in [5, 5.41) is 0. The predicted molar refractivity (Wildman–Crippen MR) is 188 cm³/mol. The van der Waals surface area contributed by atoms with Crippen molar-refractivity contribution < 1.29 is 0 Å². The van der Waals surface area contributed by atoms with Gasteiger partial charge >= 0.3 is 0 Å². The van der Waals surface area contributed by atoms with Crippen LogP contribution in [0.5, 0.6) is 0 Å². The summed E-state index contributed by atoms with van der Waals surface area (Å²) in [6.07, 6.45) is 9.92. The highest BCUT2D eigenvalue weighted by Gasteiger charge is 2.40. The van der Waals surface area contributed by atoms with Gasteiger partial charge in [0.2, 0.25) is 0 Å². The highest BCUT2D eigenvalue weighted by atomic mass is 15.1. The van der Waals surface area contributed by atoms with Gasteiger partial charge in [0.1, 0.15) is 0 Å². The Balaban J connectivity index is 1.18. The van der Waals surface area contributed by atoms with Crippen LogP contribution in [-0.2, 0) is 31.1 Å². The molecule has 12 rings (SSSR count). The second-order valence-electron chi connectivity index (χ2n) is 14.9. The first-order valence-corrected chi connectivity index (χ1v) is 17.4. The van der Waals surface area contributed by atoms with E-state index in [1.165, 1.54) is 87.3 Å². The summed E-state index contributed by atoms with van der Waals surface area (Å²) >= 11 is 0. The normalized spacial score (nSPS) is 22.1. The number of anilines is 3. The second-order valence-corrected chi connectivity index (χ2v) is 14.9. The Kier molecular flexibility index (Phi) is 6.34. The largest absolute Gasteiger partial charge is 0.310 e. The van der Waals surface area contributed by atoms with Crippen molar-refractivity contribution in [2.45, 2.75) is 76.5 Å². The fourth-order valence-electron chi connectivity index (χ4n) is 9.41. The van der Waals surface area contributed by atoms with E-state index in [4.69, 9.17) is 0 Å². The number of benzene rings is 5. The fourth-order valence-corrected chi connectivity index (χ4v) is 9.41. The van der Waals surface area contributed by atoms with Gasteiger partial charge < -0.3 is 4.90 Å². The van der Waals surface area contributed by atoms with Crippen LogP contribution < -0.4 is 4.90 Å². The first kappa shape index (κ1) is 27.2. The van der Waals surface area contributed by atoms with Crippen LogP contribution in [-0.4, -0.2) is 0 Å². The van der Waals surface area contributed by atoms with E-state index in [2.05, 4.69) is 128 Å². The zero-order valence-electron chi connectivity index (χ0n) is 26.7. The van der Waals surface area contributed by atoms with Gasteiger partial charge in [0.25, 0.3) is 0 Å². The minimum atomic E-state index is -0.0350. The molecule has 0 heterocycles. The Labute approximate surface area is 269 Å². The van der Waals surface area contributed by atoms with Crippen LogP contribution in [0.25, 0.3) is 11.1 Å². The molecule has 224 valence electrons. The Morgan fingerprint density at radius 1 is 0.578 bits per heavy atom. The molecule has 0 N–H and O–H groups in total. The van der Waals surface area contributed by atoms with Crippen molar-refractivity contribution >= 4 is 17.1 Å². The van der Waals surface area contributed by atoms with Gasteiger partial charge in [0, 0.05) is 22.5 Å². The summed E-state index contributed by atoms with van der Waals surface area (Å²) in [5.41, 5.74) is 16.7. The Hall–Kier alpha value is -4.10. The van der Waals surface area contributed by atoms with Gasteiger partial charge in [0.15, 0.2) is 0 Å². The molecule has 1 heteroatoms. The summed E-state index contributed by atoms with van der Waals surface area (Å²) in [6, 6.07) is 42.7. The lowest BCUT2D eigenvalue weighted by Crippen LogP contribution is -2.17. The molecule has 7 aliphatic carbocycles. The van der Waals surface area contributed by atoms with Crippen molar-refractivity contribution in [2.24, 2.45) is 11.8 Å². The molecule has 5 aromatic carbocycles. The van der Waals surface area contributed by atoms with E-state index in [9.17, 15) is 0 Å². The molecule has 1 nitrogen and oxygen atoms in total. The molecule has 2 fully saturated rings. The van der Waals surface area contributed by atoms with Gasteiger partial charge in [-0.25, -0.2) is 0 Å². The van der Waals surface area contributed by atoms with Gasteiger partial charge in [-0.15, -0.1) is 0 Å². The summed E-state index contributed by atoms with van der Waals surface area (Å²) in [5.74, 6) is 2.61. The van der Waals surface area contributed by atoms with Crippen LogP contribution >= 0.6 is 0 Å². The van der Waals surface area contributed by atoms with Crippen molar-refractivity contribution in [3.63, 3.8) is 0 Å². The van der Waals surface area contributed by atoms with Crippen LogP contribution in [0.15, 0.2) is 109 Å². The van der Waals surface area contributed by atoms with Gasteiger partial charge in [-0.05, 0) is 143 Å². The zero-order valence-corrected chi connectivity index (χ0v) is 26.7. The van der Waals surface area contributed by atoms with E-state index in [1.807, 2.05) is 0 Å². The summed E-state index contributed by atoms with van der Waals surface area (Å²) in [6.45, 7) is 4.79. The van der Waals surface area contributed by atoms with E-state index in [0.29, 0.717) is 0 Å². The van der Waals surface area contributed by atoms with Gasteiger partial charge in [-0.1, -0.05) is 99.1 Å². The number of rotatable bonds is 4. The summed E-state index contributed by atoms with van der Waals surface area (Å²) in [4.78, 5) is 2.58. The van der Waals surface area contributed by atoms with Crippen molar-refractivity contribution in [3.8, 4) is 11.1 Å². The smallest absolute Gasteiger partial charge is 0.0496 e. The average Bonchev–Trinajstić information content (AvgIpc) is 3.76. The third-order valence-electron chi connectivity index (χ3n) is 11.9. The molecule has 0 saturated heterocycles. The van der Waals surface area contributed by atoms with Crippen LogP contribution in [0, 0.1) is 11.8 Å². The molecule has 2 saturated carbocycles. The molecular formula is C44H43N. The molecule has 3 atom stereocenters. The van der Waals surface area contributed by atoms with E-state index < -0.39 is 0 Å². The third kappa shape index (κ3) is 4.58. The number of aryl methyl sites for hydroxylation is 4. The molecular weight excluding hydrogens is 542 g/mol. The molecule has 0 aromatic heterocycles. The molecule has 3 unspecified atom stereocenters. The zero-order chi connectivity index (χ0) is 30.1. The molecule has 0 radical (unpaired) electrons. The standard InChI is InChI=1S/C44H43N/c1-44(2)41-6-4-3-5-38(41)39-24-23-37(28-42(39)44)45(36-21-19-33(20-22-36)40-26-32-15-18-35(40)25-32)43-27-31-12-11-29-7-9-30(10-8-29)13-16-34(43)17-14-31/h3-10,14,17,19-24,27-28,32,35,40H,11-13,15-16,18,25-26H2,1-2H3. The van der Waals surface area contributed by atoms with Crippen LogP contribution in [0.4, 0.5) is 17.1 Å². The molecule has 45 heavy (non-hydrogen) atoms. The van der Waals surface area contributed by atoms with Crippen LogP contribution in [0.2, 0.25) is 0 Å². The maximum Gasteiger partial charge on any atom is 0.0496 e. The minimum Gasteiger partial charge on any atom is -0.310 e. The first-order valence-electron chi connectivity index (χ1n) is 17.4. The fraction of sp³-hybridized carbons (Fsp3) is 0.318. The lowest BCUT2D eigenvalue weighted by atomic mass is 9.82. The average molecular weight is 586 g/mol. The highest BCUT2D eigenvalue weighted by molar-refractivity contribution is 5.86. The molecule has 5 aromatic rings. The maximum atomic E-state index is 2.58. The molecule has 7 aliphatic rings. The van der Waals surface area contributed by atoms with Crippen molar-refractivity contribution in [1.29, 1.82) is 0 Å². The third-order valence-corrected chi connectivity index (χ3v) is 11.9. The monoisotopic (exact) mass is 585 g/mol. The van der Waals surface area contributed by atoms with E-state index >= 15 is 0 Å². The number of fused-ring (bicyclic) bond motifs is 5. The number of nitrogens with zero attached hydrogens (tertiary/aromatic N) is 1. The van der Waals surface area contributed by atoms with E-state index in [-0.39, 0.29) is 5.41 Å². The lowest BCUT2D eigenvalue weighted by Gasteiger charge is -2.31. The molecule has 0 amide bonds. The van der Waals surface area contributed by atoms with Crippen molar-refractivity contribution in [2.75, 3.05) is 4.90 Å². The molecule has 6 bridgehead atoms. The van der Waals surface area contributed by atoms with Gasteiger partial charge in [0.05, 0.1) is 0 Å². The van der Waals surface area contributed by atoms with Crippen molar-refractivity contribution in [3.05, 3.63) is 148 Å². The number of hydrogen-bond acceptors (Lipinski definition) is 1. The van der Waals surface area contributed by atoms with E-state index in [1.54, 1.807) is 5.56 Å².